The molecule has 1 aliphatic rings. The summed E-state index contributed by atoms with van der Waals surface area (Å²) in [6.45, 7) is -1.93. The van der Waals surface area contributed by atoms with Gasteiger partial charge in [-0.1, -0.05) is 0 Å². The van der Waals surface area contributed by atoms with Crippen LogP contribution in [0, 0.1) is 10.1 Å². The fourth-order valence-electron chi connectivity index (χ4n) is 0.962. The highest BCUT2D eigenvalue weighted by Crippen LogP contribution is 2.11. The van der Waals surface area contributed by atoms with Gasteiger partial charge in [0.2, 0.25) is 0 Å². The predicted octanol–water partition coefficient (Wildman–Crippen LogP) is -0.779. The van der Waals surface area contributed by atoms with Crippen molar-refractivity contribution in [2.45, 2.75) is 32.2 Å². The van der Waals surface area contributed by atoms with Crippen LogP contribution in [0.25, 0.3) is 0 Å². The van der Waals surface area contributed by atoms with E-state index in [1.54, 1.807) is 0 Å². The van der Waals surface area contributed by atoms with Crippen LogP contribution in [0.3, 0.4) is 0 Å². The van der Waals surface area contributed by atoms with Gasteiger partial charge in [0.15, 0.2) is 0 Å². The van der Waals surface area contributed by atoms with Crippen LogP contribution in [0.15, 0.2) is 0 Å². The first kappa shape index (κ1) is 4.68. The minimum Gasteiger partial charge on any atom is -0.392 e. The van der Waals surface area contributed by atoms with Gasteiger partial charge in [0.1, 0.15) is 2.78 Å². The van der Waals surface area contributed by atoms with Gasteiger partial charge in [-0.25, -0.2) is 4.90 Å². The summed E-state index contributed by atoms with van der Waals surface area (Å²) in [6.07, 6.45) is -7.68. The first-order valence-corrected chi connectivity index (χ1v) is 3.63. The van der Waals surface area contributed by atoms with Crippen LogP contribution in [0.4, 0.5) is 0 Å². The average molecular weight is 195 g/mol. The molecular weight excluding hydrogens is 174 g/mol. The fourth-order valence-corrected chi connectivity index (χ4v) is 0.962. The molecule has 76 valence electrons. The molecule has 0 aromatic rings. The molecule has 3 unspecified atom stereocenters. The molecule has 0 radical (unpaired) electrons. The monoisotopic (exact) mass is 195 g/mol. The molecule has 0 spiro atoms. The Morgan fingerprint density at radius 3 is 3.31 bits per heavy atom. The van der Waals surface area contributed by atoms with Crippen molar-refractivity contribution < 1.29 is 18.3 Å². The molecule has 6 heteroatoms. The van der Waals surface area contributed by atoms with Gasteiger partial charge in [-0.3, -0.25) is 15.4 Å². The number of β-amino-alcohol motifs (C(OH)–C–C–N with tert-alkyl or cyclic N) is 1. The first-order valence-electron chi connectivity index (χ1n) is 6.57. The summed E-state index contributed by atoms with van der Waals surface area (Å²) in [4.78, 5) is 10.2. The number of aliphatic hydroxyl groups is 1. The van der Waals surface area contributed by atoms with E-state index in [1.165, 1.54) is 0 Å². The van der Waals surface area contributed by atoms with Gasteiger partial charge < -0.3 is 5.11 Å². The van der Waals surface area contributed by atoms with Gasteiger partial charge in [-0.05, 0) is 13.8 Å². The van der Waals surface area contributed by atoms with Crippen molar-refractivity contribution in [1.29, 1.82) is 0 Å². The number of nitrogens with one attached hydrogen (secondary N) is 1. The molecular formula is C7H15N3O3. The molecule has 1 heterocycles. The maximum Gasteiger partial charge on any atom is 0.282 e. The van der Waals surface area contributed by atoms with Gasteiger partial charge in [0.05, 0.1) is 24.2 Å². The van der Waals surface area contributed by atoms with E-state index in [-0.39, 0.29) is 5.31 Å². The summed E-state index contributed by atoms with van der Waals surface area (Å²) in [5.74, 6) is 0. The lowest BCUT2D eigenvalue weighted by atomic mass is 10.3. The lowest BCUT2D eigenvalue weighted by molar-refractivity contribution is -0.543. The van der Waals surface area contributed by atoms with Crippen LogP contribution in [-0.4, -0.2) is 46.3 Å². The quantitative estimate of drug-likeness (QED) is 0.456. The lowest BCUT2D eigenvalue weighted by Gasteiger charge is -2.22. The minimum atomic E-state index is -3.17. The van der Waals surface area contributed by atoms with E-state index >= 15 is 0 Å². The number of hydrogen-bond donors (Lipinski definition) is 2. The van der Waals surface area contributed by atoms with Gasteiger partial charge in [0.25, 0.3) is 6.14 Å². The third kappa shape index (κ3) is 2.36. The summed E-state index contributed by atoms with van der Waals surface area (Å²) in [7, 11) is 0. The highest BCUT2D eigenvalue weighted by atomic mass is 16.6. The van der Waals surface area contributed by atoms with Gasteiger partial charge in [-0.15, -0.1) is 0 Å². The average Bonchev–Trinajstić information content (AvgIpc) is 2.29. The summed E-state index contributed by atoms with van der Waals surface area (Å²) >= 11 is 0. The molecule has 0 saturated carbocycles. The third-order valence-electron chi connectivity index (χ3n) is 1.52. The topological polar surface area (TPSA) is 78.6 Å². The van der Waals surface area contributed by atoms with Crippen molar-refractivity contribution in [3.8, 4) is 0 Å². The summed E-state index contributed by atoms with van der Waals surface area (Å²) in [6, 6.07) is 0. The maximum absolute atomic E-state index is 11.1. The fraction of sp³-hybridized carbons (Fsp3) is 1.00. The van der Waals surface area contributed by atoms with Crippen molar-refractivity contribution >= 4 is 0 Å². The highest BCUT2D eigenvalue weighted by Gasteiger charge is 2.38. The number of nitro groups is 1. The van der Waals surface area contributed by atoms with Crippen molar-refractivity contribution in [1.82, 2.24) is 10.2 Å². The highest BCUT2D eigenvalue weighted by molar-refractivity contribution is 4.79. The Bertz CT molecular complexity index is 400. The zero-order valence-corrected chi connectivity index (χ0v) is 7.31. The Balaban J connectivity index is 3.42. The van der Waals surface area contributed by atoms with Crippen LogP contribution in [0.2, 0.25) is 1.41 Å². The molecule has 1 fully saturated rings. The van der Waals surface area contributed by atoms with E-state index in [2.05, 4.69) is 0 Å². The van der Waals surface area contributed by atoms with E-state index in [0.29, 0.717) is 4.90 Å². The zero-order valence-electron chi connectivity index (χ0n) is 13.3. The number of rotatable bonds is 3. The lowest BCUT2D eigenvalue weighted by Crippen LogP contribution is -2.44. The Morgan fingerprint density at radius 2 is 2.85 bits per heavy atom. The molecule has 6 nitrogen and oxygen atoms in total. The van der Waals surface area contributed by atoms with Crippen LogP contribution in [-0.2, 0) is 0 Å². The molecule has 1 rings (SSSR count). The van der Waals surface area contributed by atoms with Crippen molar-refractivity contribution in [3.63, 3.8) is 0 Å². The van der Waals surface area contributed by atoms with E-state index in [9.17, 15) is 15.2 Å². The van der Waals surface area contributed by atoms with E-state index in [4.69, 9.17) is 8.27 Å². The largest absolute Gasteiger partial charge is 0.392 e. The second-order valence-corrected chi connectivity index (χ2v) is 2.67. The number of nitrogens with zero attached hydrogens (tertiary/aromatic N) is 2. The Labute approximate surface area is 85.2 Å². The maximum atomic E-state index is 11.1. The smallest absolute Gasteiger partial charge is 0.282 e. The molecule has 0 aromatic heterocycles. The van der Waals surface area contributed by atoms with Gasteiger partial charge in [-0.2, -0.15) is 0 Å². The van der Waals surface area contributed by atoms with Crippen LogP contribution in [0.5, 0.6) is 0 Å². The van der Waals surface area contributed by atoms with Gasteiger partial charge in [0, 0.05) is 11.5 Å². The van der Waals surface area contributed by atoms with E-state index in [1.807, 2.05) is 0 Å². The molecule has 0 bridgehead atoms. The molecule has 0 aromatic carbocycles. The molecule has 1 aliphatic heterocycles. The predicted molar refractivity (Wildman–Crippen MR) is 46.6 cm³/mol. The van der Waals surface area contributed by atoms with Crippen LogP contribution < -0.4 is 5.31 Å². The minimum absolute atomic E-state index is 0.0124. The number of hydrogen-bond acceptors (Lipinski definition) is 5. The SMILES string of the molecule is [2H]N1C([2H])(C)N(CC([2H])(C)O)C([2H])([N+](=O)[O-])C1([2H])[2H]. The Hall–Kier alpha value is -0.720. The molecule has 2 N–H and O–H groups in total. The van der Waals surface area contributed by atoms with Crippen LogP contribution >= 0.6 is 0 Å². The molecule has 13 heavy (non-hydrogen) atoms. The third-order valence-corrected chi connectivity index (χ3v) is 1.52. The summed E-state index contributed by atoms with van der Waals surface area (Å²) in [5.41, 5.74) is 0. The Morgan fingerprint density at radius 1 is 2.23 bits per heavy atom. The van der Waals surface area contributed by atoms with Crippen molar-refractivity contribution in [3.05, 3.63) is 10.1 Å². The first-order chi connectivity index (χ1) is 8.19. The van der Waals surface area contributed by atoms with Crippen molar-refractivity contribution in [2.75, 3.05) is 13.0 Å². The van der Waals surface area contributed by atoms with Crippen molar-refractivity contribution in [2.24, 2.45) is 0 Å². The Kier molecular flexibility index (Phi) is 1.44. The second kappa shape index (κ2) is 3.99. The second-order valence-electron chi connectivity index (χ2n) is 2.67. The normalized spacial score (nSPS) is 57.8. The van der Waals surface area contributed by atoms with E-state index in [0.717, 1.165) is 13.8 Å². The van der Waals surface area contributed by atoms with E-state index < -0.39 is 36.3 Å². The van der Waals surface area contributed by atoms with Gasteiger partial charge >= 0.3 is 0 Å². The molecule has 1 saturated heterocycles. The molecule has 0 aliphatic carbocycles. The van der Waals surface area contributed by atoms with Crippen LogP contribution in [0.1, 0.15) is 20.7 Å². The molecule has 0 amide bonds. The standard InChI is InChI=1S/C7H15N3O3/c1-5(11)4-9-6(2)8-3-7(9)10(12)13/h5-8,11H,3-4H2,1-2H3/i3D2,5D,6D,7D/hD. The zero-order chi connectivity index (χ0) is 15.4. The summed E-state index contributed by atoms with van der Waals surface area (Å²) < 4.78 is 45.5. The summed E-state index contributed by atoms with van der Waals surface area (Å²) in [5, 5.41) is 20.5. The molecule has 3 atom stereocenters.